The highest BCUT2D eigenvalue weighted by Crippen LogP contribution is 2.21. The van der Waals surface area contributed by atoms with E-state index in [1.165, 1.54) is 57.4 Å². The van der Waals surface area contributed by atoms with Crippen LogP contribution in [0.1, 0.15) is 39.0 Å². The second-order valence-electron chi connectivity index (χ2n) is 6.31. The number of nitrogens with zero attached hydrogens (tertiary/aromatic N) is 3. The lowest BCUT2D eigenvalue weighted by Gasteiger charge is -2.20. The van der Waals surface area contributed by atoms with E-state index in [1.54, 1.807) is 0 Å². The Hall–Kier alpha value is -1.29. The molecule has 0 aromatic carbocycles. The molecule has 1 unspecified atom stereocenters. The van der Waals surface area contributed by atoms with Crippen molar-refractivity contribution in [2.24, 2.45) is 0 Å². The van der Waals surface area contributed by atoms with Crippen molar-refractivity contribution in [3.63, 3.8) is 0 Å². The summed E-state index contributed by atoms with van der Waals surface area (Å²) in [4.78, 5) is 9.57. The lowest BCUT2D eigenvalue weighted by molar-refractivity contribution is 0.300. The standard InChI is InChI=1S/C17H28N4/c1-2-20-10-5-6-15(9-13-20)19-16-7-8-17(18-14-16)21-11-3-4-12-21/h7-8,14-15,19H,2-6,9-13H2,1H3. The van der Waals surface area contributed by atoms with Crippen molar-refractivity contribution >= 4 is 11.5 Å². The summed E-state index contributed by atoms with van der Waals surface area (Å²) in [5.74, 6) is 1.14. The second-order valence-corrected chi connectivity index (χ2v) is 6.31. The van der Waals surface area contributed by atoms with Gasteiger partial charge in [0.15, 0.2) is 0 Å². The number of aromatic nitrogens is 1. The van der Waals surface area contributed by atoms with E-state index in [2.05, 4.69) is 39.2 Å². The van der Waals surface area contributed by atoms with E-state index >= 15 is 0 Å². The molecule has 2 fully saturated rings. The molecule has 1 aromatic rings. The van der Waals surface area contributed by atoms with Crippen molar-refractivity contribution < 1.29 is 0 Å². The Balaban J connectivity index is 1.54. The van der Waals surface area contributed by atoms with Gasteiger partial charge in [-0.1, -0.05) is 6.92 Å². The molecule has 2 aliphatic heterocycles. The Bertz CT molecular complexity index is 425. The lowest BCUT2D eigenvalue weighted by atomic mass is 10.1. The van der Waals surface area contributed by atoms with Crippen LogP contribution in [0.2, 0.25) is 0 Å². The van der Waals surface area contributed by atoms with Crippen LogP contribution < -0.4 is 10.2 Å². The molecule has 1 atom stereocenters. The van der Waals surface area contributed by atoms with E-state index < -0.39 is 0 Å². The average molecular weight is 288 g/mol. The zero-order valence-corrected chi connectivity index (χ0v) is 13.2. The molecule has 1 aromatic heterocycles. The number of likely N-dealkylation sites (tertiary alicyclic amines) is 1. The van der Waals surface area contributed by atoms with Gasteiger partial charge in [0.25, 0.3) is 0 Å². The van der Waals surface area contributed by atoms with Crippen molar-refractivity contribution in [1.29, 1.82) is 0 Å². The minimum Gasteiger partial charge on any atom is -0.381 e. The van der Waals surface area contributed by atoms with Crippen molar-refractivity contribution in [2.75, 3.05) is 42.9 Å². The summed E-state index contributed by atoms with van der Waals surface area (Å²) in [6.07, 6.45) is 8.42. The van der Waals surface area contributed by atoms with Gasteiger partial charge >= 0.3 is 0 Å². The molecule has 0 saturated carbocycles. The van der Waals surface area contributed by atoms with E-state index in [0.29, 0.717) is 6.04 Å². The van der Waals surface area contributed by atoms with E-state index in [-0.39, 0.29) is 0 Å². The van der Waals surface area contributed by atoms with Crippen molar-refractivity contribution in [2.45, 2.75) is 45.1 Å². The molecule has 3 rings (SSSR count). The number of hydrogen-bond acceptors (Lipinski definition) is 4. The summed E-state index contributed by atoms with van der Waals surface area (Å²) in [5, 5.41) is 3.68. The van der Waals surface area contributed by atoms with Gasteiger partial charge in [-0.15, -0.1) is 0 Å². The van der Waals surface area contributed by atoms with Gasteiger partial charge < -0.3 is 15.1 Å². The number of nitrogens with one attached hydrogen (secondary N) is 1. The minimum absolute atomic E-state index is 0.598. The number of hydrogen-bond donors (Lipinski definition) is 1. The predicted octanol–water partition coefficient (Wildman–Crippen LogP) is 2.97. The molecule has 1 N–H and O–H groups in total. The van der Waals surface area contributed by atoms with Crippen LogP contribution in [0.3, 0.4) is 0 Å². The third-order valence-corrected chi connectivity index (χ3v) is 4.82. The molecule has 2 aliphatic rings. The Morgan fingerprint density at radius 3 is 2.67 bits per heavy atom. The molecule has 0 spiro atoms. The van der Waals surface area contributed by atoms with Crippen LogP contribution in [-0.2, 0) is 0 Å². The van der Waals surface area contributed by atoms with Gasteiger partial charge in [0.1, 0.15) is 5.82 Å². The Labute approximate surface area is 128 Å². The molecule has 3 heterocycles. The van der Waals surface area contributed by atoms with Crippen LogP contribution in [0.15, 0.2) is 18.3 Å². The maximum atomic E-state index is 4.63. The molecule has 2 saturated heterocycles. The average Bonchev–Trinajstić information content (AvgIpc) is 2.96. The number of rotatable bonds is 4. The van der Waals surface area contributed by atoms with Crippen molar-refractivity contribution in [3.05, 3.63) is 18.3 Å². The minimum atomic E-state index is 0.598. The Kier molecular flexibility index (Phi) is 4.96. The molecule has 0 bridgehead atoms. The van der Waals surface area contributed by atoms with E-state index in [4.69, 9.17) is 0 Å². The molecule has 116 valence electrons. The topological polar surface area (TPSA) is 31.4 Å². The lowest BCUT2D eigenvalue weighted by Crippen LogP contribution is -2.26. The summed E-state index contributed by atoms with van der Waals surface area (Å²) in [5.41, 5.74) is 1.17. The zero-order chi connectivity index (χ0) is 14.5. The van der Waals surface area contributed by atoms with Gasteiger partial charge in [0, 0.05) is 25.7 Å². The van der Waals surface area contributed by atoms with Gasteiger partial charge in [-0.2, -0.15) is 0 Å². The van der Waals surface area contributed by atoms with Crippen LogP contribution >= 0.6 is 0 Å². The fourth-order valence-electron chi connectivity index (χ4n) is 3.46. The second kappa shape index (κ2) is 7.12. The normalized spacial score (nSPS) is 24.0. The Morgan fingerprint density at radius 2 is 1.95 bits per heavy atom. The monoisotopic (exact) mass is 288 g/mol. The van der Waals surface area contributed by atoms with E-state index in [9.17, 15) is 0 Å². The van der Waals surface area contributed by atoms with Crippen LogP contribution in [0.25, 0.3) is 0 Å². The molecule has 0 aliphatic carbocycles. The highest BCUT2D eigenvalue weighted by atomic mass is 15.2. The quantitative estimate of drug-likeness (QED) is 0.923. The van der Waals surface area contributed by atoms with Crippen molar-refractivity contribution in [1.82, 2.24) is 9.88 Å². The number of anilines is 2. The van der Waals surface area contributed by atoms with Gasteiger partial charge in [0.05, 0.1) is 11.9 Å². The maximum absolute atomic E-state index is 4.63. The third-order valence-electron chi connectivity index (χ3n) is 4.82. The molecule has 0 radical (unpaired) electrons. The van der Waals surface area contributed by atoms with E-state index in [1.807, 2.05) is 6.20 Å². The summed E-state index contributed by atoms with van der Waals surface area (Å²) in [7, 11) is 0. The first kappa shape index (κ1) is 14.6. The van der Waals surface area contributed by atoms with Gasteiger partial charge in [0.2, 0.25) is 0 Å². The fraction of sp³-hybridized carbons (Fsp3) is 0.706. The zero-order valence-electron chi connectivity index (χ0n) is 13.2. The van der Waals surface area contributed by atoms with Crippen LogP contribution in [0.5, 0.6) is 0 Å². The van der Waals surface area contributed by atoms with Gasteiger partial charge in [-0.05, 0) is 57.3 Å². The molecule has 4 nitrogen and oxygen atoms in total. The van der Waals surface area contributed by atoms with Gasteiger partial charge in [-0.3, -0.25) is 0 Å². The summed E-state index contributed by atoms with van der Waals surface area (Å²) < 4.78 is 0. The highest BCUT2D eigenvalue weighted by Gasteiger charge is 2.16. The van der Waals surface area contributed by atoms with Crippen LogP contribution in [-0.4, -0.2) is 48.6 Å². The maximum Gasteiger partial charge on any atom is 0.128 e. The summed E-state index contributed by atoms with van der Waals surface area (Å²) >= 11 is 0. The SMILES string of the molecule is CCN1CCCC(Nc2ccc(N3CCCC3)nc2)CC1. The first-order valence-electron chi connectivity index (χ1n) is 8.55. The molecular weight excluding hydrogens is 260 g/mol. The largest absolute Gasteiger partial charge is 0.381 e. The first-order chi connectivity index (χ1) is 10.3. The third kappa shape index (κ3) is 3.88. The molecular formula is C17H28N4. The first-order valence-corrected chi connectivity index (χ1v) is 8.55. The van der Waals surface area contributed by atoms with Crippen molar-refractivity contribution in [3.8, 4) is 0 Å². The Morgan fingerprint density at radius 1 is 1.10 bits per heavy atom. The summed E-state index contributed by atoms with van der Waals surface area (Å²) in [6, 6.07) is 4.97. The molecule has 4 heteroatoms. The van der Waals surface area contributed by atoms with Crippen LogP contribution in [0.4, 0.5) is 11.5 Å². The molecule has 0 amide bonds. The molecule has 21 heavy (non-hydrogen) atoms. The summed E-state index contributed by atoms with van der Waals surface area (Å²) in [6.45, 7) is 8.23. The van der Waals surface area contributed by atoms with Crippen LogP contribution in [0, 0.1) is 0 Å². The highest BCUT2D eigenvalue weighted by molar-refractivity contribution is 5.49. The van der Waals surface area contributed by atoms with Gasteiger partial charge in [-0.25, -0.2) is 4.98 Å². The predicted molar refractivity (Wildman–Crippen MR) is 89.1 cm³/mol. The fourth-order valence-corrected chi connectivity index (χ4v) is 3.46. The number of pyridine rings is 1. The smallest absolute Gasteiger partial charge is 0.128 e. The van der Waals surface area contributed by atoms with E-state index in [0.717, 1.165) is 18.9 Å².